The molecule has 14 heavy (non-hydrogen) atoms. The Morgan fingerprint density at radius 3 is 2.79 bits per heavy atom. The van der Waals surface area contributed by atoms with Crippen molar-refractivity contribution in [1.29, 1.82) is 0 Å². The van der Waals surface area contributed by atoms with E-state index in [0.717, 1.165) is 5.69 Å². The number of nitrogens with zero attached hydrogens (tertiary/aromatic N) is 1. The van der Waals surface area contributed by atoms with Crippen molar-refractivity contribution in [3.63, 3.8) is 0 Å². The van der Waals surface area contributed by atoms with E-state index in [0.29, 0.717) is 18.0 Å². The highest BCUT2D eigenvalue weighted by Crippen LogP contribution is 2.26. The predicted molar refractivity (Wildman–Crippen MR) is 57.8 cm³/mol. The first-order valence-electron chi connectivity index (χ1n) is 4.44. The number of likely N-dealkylation sites (N-methyl/N-ethyl adjacent to an activating group) is 1. The van der Waals surface area contributed by atoms with Crippen LogP contribution >= 0.6 is 0 Å². The van der Waals surface area contributed by atoms with E-state index in [4.69, 9.17) is 15.6 Å². The highest BCUT2D eigenvalue weighted by Gasteiger charge is 2.04. The number of methoxy groups -OCH3 is 1. The van der Waals surface area contributed by atoms with Gasteiger partial charge in [-0.05, 0) is 12.1 Å². The van der Waals surface area contributed by atoms with Gasteiger partial charge in [-0.2, -0.15) is 0 Å². The Labute approximate surface area is 83.9 Å². The SMILES string of the molecule is COc1cc(N(C)CCO)ccc1N. The number of nitrogen functional groups attached to an aromatic ring is 1. The Balaban J connectivity index is 2.88. The average Bonchev–Trinajstić information content (AvgIpc) is 2.19. The summed E-state index contributed by atoms with van der Waals surface area (Å²) in [4.78, 5) is 1.93. The Morgan fingerprint density at radius 1 is 1.50 bits per heavy atom. The highest BCUT2D eigenvalue weighted by molar-refractivity contribution is 5.62. The van der Waals surface area contributed by atoms with Crippen LogP contribution in [0.1, 0.15) is 0 Å². The molecular weight excluding hydrogens is 180 g/mol. The first-order valence-corrected chi connectivity index (χ1v) is 4.44. The molecule has 0 bridgehead atoms. The van der Waals surface area contributed by atoms with Gasteiger partial charge in [0.15, 0.2) is 0 Å². The maximum Gasteiger partial charge on any atom is 0.143 e. The van der Waals surface area contributed by atoms with Crippen molar-refractivity contribution in [3.8, 4) is 5.75 Å². The summed E-state index contributed by atoms with van der Waals surface area (Å²) in [5.74, 6) is 0.660. The topological polar surface area (TPSA) is 58.7 Å². The third-order valence-corrected chi connectivity index (χ3v) is 2.09. The molecule has 4 nitrogen and oxygen atoms in total. The Kier molecular flexibility index (Phi) is 3.59. The van der Waals surface area contributed by atoms with Gasteiger partial charge in [0.25, 0.3) is 0 Å². The highest BCUT2D eigenvalue weighted by atomic mass is 16.5. The summed E-state index contributed by atoms with van der Waals surface area (Å²) in [5, 5.41) is 8.78. The standard InChI is InChI=1S/C10H16N2O2/c1-12(5-6-13)8-3-4-9(11)10(7-8)14-2/h3-4,7,13H,5-6,11H2,1-2H3. The molecule has 3 N–H and O–H groups in total. The summed E-state index contributed by atoms with van der Waals surface area (Å²) in [5.41, 5.74) is 7.28. The van der Waals surface area contributed by atoms with Crippen LogP contribution in [0.5, 0.6) is 5.75 Å². The fourth-order valence-corrected chi connectivity index (χ4v) is 1.22. The number of aliphatic hydroxyl groups is 1. The van der Waals surface area contributed by atoms with Gasteiger partial charge in [-0.15, -0.1) is 0 Å². The summed E-state index contributed by atoms with van der Waals surface area (Å²) in [7, 11) is 3.49. The fourth-order valence-electron chi connectivity index (χ4n) is 1.22. The van der Waals surface area contributed by atoms with Crippen molar-refractivity contribution in [2.75, 3.05) is 37.9 Å². The zero-order valence-electron chi connectivity index (χ0n) is 8.53. The summed E-state index contributed by atoms with van der Waals surface area (Å²) in [6, 6.07) is 5.54. The van der Waals surface area contributed by atoms with Crippen LogP contribution in [0.2, 0.25) is 0 Å². The molecule has 0 atom stereocenters. The zero-order chi connectivity index (χ0) is 10.6. The normalized spacial score (nSPS) is 9.93. The Hall–Kier alpha value is -1.42. The lowest BCUT2D eigenvalue weighted by Gasteiger charge is -2.19. The fraction of sp³-hybridized carbons (Fsp3) is 0.400. The molecule has 0 heterocycles. The van der Waals surface area contributed by atoms with E-state index in [1.807, 2.05) is 24.1 Å². The van der Waals surface area contributed by atoms with Crippen LogP contribution in [0, 0.1) is 0 Å². The molecule has 0 aliphatic rings. The van der Waals surface area contributed by atoms with E-state index in [-0.39, 0.29) is 6.61 Å². The second-order valence-electron chi connectivity index (χ2n) is 3.07. The van der Waals surface area contributed by atoms with E-state index in [1.54, 1.807) is 13.2 Å². The zero-order valence-corrected chi connectivity index (χ0v) is 8.53. The van der Waals surface area contributed by atoms with E-state index >= 15 is 0 Å². The molecule has 0 fully saturated rings. The maximum absolute atomic E-state index is 8.78. The van der Waals surface area contributed by atoms with E-state index < -0.39 is 0 Å². The minimum Gasteiger partial charge on any atom is -0.495 e. The second kappa shape index (κ2) is 4.72. The van der Waals surface area contributed by atoms with Gasteiger partial charge in [-0.1, -0.05) is 0 Å². The van der Waals surface area contributed by atoms with Gasteiger partial charge in [0, 0.05) is 25.3 Å². The molecule has 0 aliphatic carbocycles. The summed E-state index contributed by atoms with van der Waals surface area (Å²) < 4.78 is 5.10. The molecule has 0 aliphatic heterocycles. The largest absolute Gasteiger partial charge is 0.495 e. The molecule has 0 unspecified atom stereocenters. The maximum atomic E-state index is 8.78. The Bertz CT molecular complexity index is 302. The van der Waals surface area contributed by atoms with Gasteiger partial charge >= 0.3 is 0 Å². The lowest BCUT2D eigenvalue weighted by Crippen LogP contribution is -2.21. The molecule has 0 saturated carbocycles. The van der Waals surface area contributed by atoms with Crippen molar-refractivity contribution in [2.45, 2.75) is 0 Å². The summed E-state index contributed by atoms with van der Waals surface area (Å²) >= 11 is 0. The minimum atomic E-state index is 0.128. The first-order chi connectivity index (χ1) is 6.69. The third kappa shape index (κ3) is 2.29. The number of hydrogen-bond donors (Lipinski definition) is 2. The molecule has 4 heteroatoms. The molecule has 1 aromatic rings. The lowest BCUT2D eigenvalue weighted by molar-refractivity contribution is 0.304. The van der Waals surface area contributed by atoms with Crippen molar-refractivity contribution in [1.82, 2.24) is 0 Å². The van der Waals surface area contributed by atoms with Gasteiger partial charge in [0.2, 0.25) is 0 Å². The van der Waals surface area contributed by atoms with Gasteiger partial charge in [-0.25, -0.2) is 0 Å². The van der Waals surface area contributed by atoms with Crippen LogP contribution in [-0.4, -0.2) is 32.4 Å². The average molecular weight is 196 g/mol. The minimum absolute atomic E-state index is 0.128. The molecular formula is C10H16N2O2. The van der Waals surface area contributed by atoms with Crippen molar-refractivity contribution in [2.24, 2.45) is 0 Å². The van der Waals surface area contributed by atoms with Crippen LogP contribution in [0.4, 0.5) is 11.4 Å². The smallest absolute Gasteiger partial charge is 0.143 e. The number of rotatable bonds is 4. The van der Waals surface area contributed by atoms with Gasteiger partial charge in [0.05, 0.1) is 19.4 Å². The molecule has 0 spiro atoms. The molecule has 0 amide bonds. The van der Waals surface area contributed by atoms with Crippen LogP contribution < -0.4 is 15.4 Å². The van der Waals surface area contributed by atoms with Crippen LogP contribution in [0.3, 0.4) is 0 Å². The number of aliphatic hydroxyl groups excluding tert-OH is 1. The van der Waals surface area contributed by atoms with Crippen LogP contribution in [-0.2, 0) is 0 Å². The Morgan fingerprint density at radius 2 is 2.21 bits per heavy atom. The van der Waals surface area contributed by atoms with Gasteiger partial charge in [-0.3, -0.25) is 0 Å². The number of nitrogens with two attached hydrogens (primary N) is 1. The molecule has 1 aromatic carbocycles. The summed E-state index contributed by atoms with van der Waals surface area (Å²) in [6.07, 6.45) is 0. The summed E-state index contributed by atoms with van der Waals surface area (Å²) in [6.45, 7) is 0.719. The van der Waals surface area contributed by atoms with Crippen molar-refractivity contribution >= 4 is 11.4 Å². The van der Waals surface area contributed by atoms with E-state index in [2.05, 4.69) is 0 Å². The number of benzene rings is 1. The lowest BCUT2D eigenvalue weighted by atomic mass is 10.2. The quantitative estimate of drug-likeness (QED) is 0.696. The predicted octanol–water partition coefficient (Wildman–Crippen LogP) is 0.706. The van der Waals surface area contributed by atoms with Crippen LogP contribution in [0.25, 0.3) is 0 Å². The van der Waals surface area contributed by atoms with Gasteiger partial charge < -0.3 is 20.5 Å². The number of ether oxygens (including phenoxy) is 1. The number of anilines is 2. The van der Waals surface area contributed by atoms with Gasteiger partial charge in [0.1, 0.15) is 5.75 Å². The van der Waals surface area contributed by atoms with Crippen molar-refractivity contribution in [3.05, 3.63) is 18.2 Å². The molecule has 0 radical (unpaired) electrons. The van der Waals surface area contributed by atoms with Crippen LogP contribution in [0.15, 0.2) is 18.2 Å². The van der Waals surface area contributed by atoms with E-state index in [1.165, 1.54) is 0 Å². The number of hydrogen-bond acceptors (Lipinski definition) is 4. The molecule has 0 aromatic heterocycles. The molecule has 1 rings (SSSR count). The van der Waals surface area contributed by atoms with E-state index in [9.17, 15) is 0 Å². The molecule has 0 saturated heterocycles. The molecule has 78 valence electrons. The second-order valence-corrected chi connectivity index (χ2v) is 3.07. The first kappa shape index (κ1) is 10.7. The monoisotopic (exact) mass is 196 g/mol. The van der Waals surface area contributed by atoms with Crippen molar-refractivity contribution < 1.29 is 9.84 Å². The third-order valence-electron chi connectivity index (χ3n) is 2.09.